The number of hydrogen-bond donors (Lipinski definition) is 2. The molecule has 0 aliphatic rings. The molecule has 0 atom stereocenters. The second-order valence-electron chi connectivity index (χ2n) is 6.20. The number of carbonyl (C=O) groups excluding carboxylic acids is 2. The van der Waals surface area contributed by atoms with E-state index in [9.17, 15) is 9.59 Å². The maximum absolute atomic E-state index is 12.4. The standard InChI is InChI=1S/C20H33N3O2/c1-4-7-8-9-10-14-21-16-19(24)22-18-13-11-12-17(15-18)20(25)23(5-2)6-3/h11-13,15,21H,4-10,14,16H2,1-3H3,(H,22,24). The average molecular weight is 348 g/mol. The molecule has 0 spiro atoms. The van der Waals surface area contributed by atoms with Gasteiger partial charge < -0.3 is 15.5 Å². The summed E-state index contributed by atoms with van der Waals surface area (Å²) in [6.45, 7) is 8.62. The lowest BCUT2D eigenvalue weighted by Crippen LogP contribution is -2.31. The van der Waals surface area contributed by atoms with Gasteiger partial charge in [0, 0.05) is 24.3 Å². The average Bonchev–Trinajstić information content (AvgIpc) is 2.62. The molecular weight excluding hydrogens is 314 g/mol. The van der Waals surface area contributed by atoms with Gasteiger partial charge >= 0.3 is 0 Å². The van der Waals surface area contributed by atoms with Crippen LogP contribution < -0.4 is 10.6 Å². The van der Waals surface area contributed by atoms with Gasteiger partial charge in [0.1, 0.15) is 0 Å². The monoisotopic (exact) mass is 347 g/mol. The molecule has 0 saturated carbocycles. The molecule has 2 amide bonds. The highest BCUT2D eigenvalue weighted by Gasteiger charge is 2.13. The molecule has 1 aromatic rings. The number of nitrogens with one attached hydrogen (secondary N) is 2. The molecule has 5 heteroatoms. The van der Waals surface area contributed by atoms with Crippen LogP contribution in [0.3, 0.4) is 0 Å². The Hall–Kier alpha value is -1.88. The van der Waals surface area contributed by atoms with Crippen LogP contribution in [0, 0.1) is 0 Å². The Morgan fingerprint density at radius 2 is 1.72 bits per heavy atom. The molecule has 1 aromatic carbocycles. The Kier molecular flexibility index (Phi) is 10.6. The van der Waals surface area contributed by atoms with Gasteiger partial charge in [-0.2, -0.15) is 0 Å². The van der Waals surface area contributed by atoms with Crippen molar-refractivity contribution in [2.75, 3.05) is 31.5 Å². The lowest BCUT2D eigenvalue weighted by molar-refractivity contribution is -0.115. The van der Waals surface area contributed by atoms with Crippen LogP contribution in [-0.2, 0) is 4.79 Å². The van der Waals surface area contributed by atoms with Crippen LogP contribution in [0.15, 0.2) is 24.3 Å². The Bertz CT molecular complexity index is 527. The van der Waals surface area contributed by atoms with Gasteiger partial charge in [0.05, 0.1) is 6.54 Å². The fourth-order valence-corrected chi connectivity index (χ4v) is 2.68. The minimum atomic E-state index is -0.0824. The van der Waals surface area contributed by atoms with E-state index in [2.05, 4.69) is 17.6 Å². The zero-order valence-electron chi connectivity index (χ0n) is 15.9. The van der Waals surface area contributed by atoms with E-state index in [-0.39, 0.29) is 11.8 Å². The second kappa shape index (κ2) is 12.5. The number of rotatable bonds is 12. The molecule has 140 valence electrons. The molecule has 0 bridgehead atoms. The first-order valence-corrected chi connectivity index (χ1v) is 9.52. The van der Waals surface area contributed by atoms with E-state index in [1.54, 1.807) is 23.1 Å². The van der Waals surface area contributed by atoms with Crippen LogP contribution in [-0.4, -0.2) is 42.9 Å². The van der Waals surface area contributed by atoms with Gasteiger partial charge in [-0.05, 0) is 45.0 Å². The van der Waals surface area contributed by atoms with E-state index < -0.39 is 0 Å². The van der Waals surface area contributed by atoms with E-state index in [4.69, 9.17) is 0 Å². The van der Waals surface area contributed by atoms with Crippen molar-refractivity contribution in [1.29, 1.82) is 0 Å². The summed E-state index contributed by atoms with van der Waals surface area (Å²) in [5.41, 5.74) is 1.26. The van der Waals surface area contributed by atoms with Crippen LogP contribution in [0.25, 0.3) is 0 Å². The first kappa shape index (κ1) is 21.2. The largest absolute Gasteiger partial charge is 0.339 e. The maximum atomic E-state index is 12.4. The van der Waals surface area contributed by atoms with E-state index in [1.165, 1.54) is 25.7 Å². The fraction of sp³-hybridized carbons (Fsp3) is 0.600. The van der Waals surface area contributed by atoms with Crippen molar-refractivity contribution in [3.63, 3.8) is 0 Å². The first-order valence-electron chi connectivity index (χ1n) is 9.52. The molecule has 0 radical (unpaired) electrons. The highest BCUT2D eigenvalue weighted by Crippen LogP contribution is 2.13. The third kappa shape index (κ3) is 8.16. The lowest BCUT2D eigenvalue weighted by Gasteiger charge is -2.19. The van der Waals surface area contributed by atoms with Gasteiger partial charge in [0.2, 0.25) is 5.91 Å². The summed E-state index contributed by atoms with van der Waals surface area (Å²) in [6, 6.07) is 7.13. The van der Waals surface area contributed by atoms with Crippen molar-refractivity contribution in [2.45, 2.75) is 52.9 Å². The predicted molar refractivity (Wildman–Crippen MR) is 104 cm³/mol. The van der Waals surface area contributed by atoms with Gasteiger partial charge in [-0.3, -0.25) is 9.59 Å². The molecule has 0 saturated heterocycles. The highest BCUT2D eigenvalue weighted by atomic mass is 16.2. The first-order chi connectivity index (χ1) is 12.1. The number of anilines is 1. The maximum Gasteiger partial charge on any atom is 0.253 e. The highest BCUT2D eigenvalue weighted by molar-refractivity contribution is 5.97. The second-order valence-corrected chi connectivity index (χ2v) is 6.20. The summed E-state index contributed by atoms with van der Waals surface area (Å²) in [5, 5.41) is 6.02. The molecule has 1 rings (SSSR count). The van der Waals surface area contributed by atoms with Crippen LogP contribution >= 0.6 is 0 Å². The van der Waals surface area contributed by atoms with Gasteiger partial charge in [-0.15, -0.1) is 0 Å². The van der Waals surface area contributed by atoms with Crippen LogP contribution in [0.4, 0.5) is 5.69 Å². The van der Waals surface area contributed by atoms with Crippen molar-refractivity contribution in [2.24, 2.45) is 0 Å². The number of amides is 2. The van der Waals surface area contributed by atoms with Gasteiger partial charge in [-0.25, -0.2) is 0 Å². The third-order valence-corrected chi connectivity index (χ3v) is 4.19. The van der Waals surface area contributed by atoms with Gasteiger partial charge in [0.15, 0.2) is 0 Å². The van der Waals surface area contributed by atoms with Gasteiger partial charge in [-0.1, -0.05) is 38.7 Å². The summed E-state index contributed by atoms with van der Waals surface area (Å²) in [6.07, 6.45) is 6.09. The SMILES string of the molecule is CCCCCCCNCC(=O)Nc1cccc(C(=O)N(CC)CC)c1. The van der Waals surface area contributed by atoms with E-state index in [0.29, 0.717) is 30.9 Å². The smallest absolute Gasteiger partial charge is 0.253 e. The fourth-order valence-electron chi connectivity index (χ4n) is 2.68. The zero-order chi connectivity index (χ0) is 18.5. The minimum Gasteiger partial charge on any atom is -0.339 e. The normalized spacial score (nSPS) is 10.5. The molecule has 0 aromatic heterocycles. The Balaban J connectivity index is 2.40. The number of hydrogen-bond acceptors (Lipinski definition) is 3. The molecule has 2 N–H and O–H groups in total. The van der Waals surface area contributed by atoms with Crippen molar-refractivity contribution >= 4 is 17.5 Å². The van der Waals surface area contributed by atoms with Crippen LogP contribution in [0.1, 0.15) is 63.2 Å². The number of unbranched alkanes of at least 4 members (excludes halogenated alkanes) is 4. The quantitative estimate of drug-likeness (QED) is 0.567. The molecule has 25 heavy (non-hydrogen) atoms. The summed E-state index contributed by atoms with van der Waals surface area (Å²) in [7, 11) is 0. The summed E-state index contributed by atoms with van der Waals surface area (Å²) in [4.78, 5) is 26.1. The third-order valence-electron chi connectivity index (χ3n) is 4.19. The zero-order valence-corrected chi connectivity index (χ0v) is 15.9. The van der Waals surface area contributed by atoms with Crippen molar-refractivity contribution in [3.05, 3.63) is 29.8 Å². The van der Waals surface area contributed by atoms with Crippen molar-refractivity contribution < 1.29 is 9.59 Å². The Morgan fingerprint density at radius 3 is 2.40 bits per heavy atom. The number of benzene rings is 1. The molecular formula is C20H33N3O2. The van der Waals surface area contributed by atoms with Crippen molar-refractivity contribution in [3.8, 4) is 0 Å². The van der Waals surface area contributed by atoms with Crippen LogP contribution in [0.5, 0.6) is 0 Å². The van der Waals surface area contributed by atoms with Crippen LogP contribution in [0.2, 0.25) is 0 Å². The van der Waals surface area contributed by atoms with E-state index >= 15 is 0 Å². The van der Waals surface area contributed by atoms with E-state index in [1.807, 2.05) is 19.9 Å². The molecule has 5 nitrogen and oxygen atoms in total. The number of nitrogens with zero attached hydrogens (tertiary/aromatic N) is 1. The minimum absolute atomic E-state index is 0.00805. The summed E-state index contributed by atoms with van der Waals surface area (Å²) >= 11 is 0. The Labute approximate surface area is 152 Å². The van der Waals surface area contributed by atoms with Crippen molar-refractivity contribution in [1.82, 2.24) is 10.2 Å². The summed E-state index contributed by atoms with van der Waals surface area (Å²) < 4.78 is 0. The molecule has 0 aliphatic carbocycles. The lowest BCUT2D eigenvalue weighted by atomic mass is 10.1. The Morgan fingerprint density at radius 1 is 1.00 bits per heavy atom. The molecule has 0 heterocycles. The van der Waals surface area contributed by atoms with E-state index in [0.717, 1.165) is 13.0 Å². The summed E-state index contributed by atoms with van der Waals surface area (Å²) in [5.74, 6) is -0.0905. The van der Waals surface area contributed by atoms with Gasteiger partial charge in [0.25, 0.3) is 5.91 Å². The number of carbonyl (C=O) groups is 2. The molecule has 0 aliphatic heterocycles. The topological polar surface area (TPSA) is 61.4 Å². The molecule has 0 unspecified atom stereocenters. The predicted octanol–water partition coefficient (Wildman–Crippen LogP) is 3.67. The molecule has 0 fully saturated rings.